The van der Waals surface area contributed by atoms with Crippen molar-refractivity contribution in [3.05, 3.63) is 53.4 Å². The molecule has 0 radical (unpaired) electrons. The van der Waals surface area contributed by atoms with E-state index in [2.05, 4.69) is 10.4 Å². The number of rotatable bonds is 5. The van der Waals surface area contributed by atoms with Gasteiger partial charge in [-0.2, -0.15) is 5.10 Å². The van der Waals surface area contributed by atoms with E-state index in [9.17, 15) is 8.78 Å². The third kappa shape index (κ3) is 3.38. The lowest BCUT2D eigenvalue weighted by molar-refractivity contribution is 0.473. The quantitative estimate of drug-likeness (QED) is 0.900. The Bertz CT molecular complexity index is 551. The Hall–Kier alpha value is -1.75. The van der Waals surface area contributed by atoms with E-state index in [-0.39, 0.29) is 6.04 Å². The smallest absolute Gasteiger partial charge is 0.163 e. The third-order valence-corrected chi connectivity index (χ3v) is 3.05. The first kappa shape index (κ1) is 13.7. The molecule has 1 unspecified atom stereocenters. The number of halogens is 2. The molecule has 0 saturated carbocycles. The van der Waals surface area contributed by atoms with Crippen molar-refractivity contribution in [3.63, 3.8) is 0 Å². The fourth-order valence-electron chi connectivity index (χ4n) is 1.98. The van der Waals surface area contributed by atoms with Gasteiger partial charge in [-0.25, -0.2) is 8.78 Å². The summed E-state index contributed by atoms with van der Waals surface area (Å²) in [6.45, 7) is 2.48. The van der Waals surface area contributed by atoms with Crippen molar-refractivity contribution in [1.82, 2.24) is 15.1 Å². The molecule has 0 aliphatic carbocycles. The van der Waals surface area contributed by atoms with E-state index in [1.165, 1.54) is 6.07 Å². The number of hydrogen-bond donors (Lipinski definition) is 1. The molecule has 0 bridgehead atoms. The average Bonchev–Trinajstić information content (AvgIpc) is 2.78. The number of nitrogens with zero attached hydrogens (tertiary/aromatic N) is 2. The summed E-state index contributed by atoms with van der Waals surface area (Å²) < 4.78 is 28.4. The lowest BCUT2D eigenvalue weighted by Gasteiger charge is -2.14. The zero-order valence-corrected chi connectivity index (χ0v) is 11.0. The van der Waals surface area contributed by atoms with Gasteiger partial charge in [0, 0.05) is 37.8 Å². The molecule has 3 nitrogen and oxygen atoms in total. The van der Waals surface area contributed by atoms with Crippen LogP contribution in [-0.4, -0.2) is 16.3 Å². The van der Waals surface area contributed by atoms with Crippen molar-refractivity contribution < 1.29 is 8.78 Å². The van der Waals surface area contributed by atoms with Crippen LogP contribution >= 0.6 is 0 Å². The van der Waals surface area contributed by atoms with Gasteiger partial charge >= 0.3 is 0 Å². The highest BCUT2D eigenvalue weighted by Gasteiger charge is 2.13. The molecule has 0 aliphatic rings. The molecule has 19 heavy (non-hydrogen) atoms. The summed E-state index contributed by atoms with van der Waals surface area (Å²) in [5.41, 5.74) is 1.32. The molecule has 1 N–H and O–H groups in total. The average molecular weight is 265 g/mol. The topological polar surface area (TPSA) is 29.9 Å². The predicted octanol–water partition coefficient (Wildman–Crippen LogP) is 2.59. The molecular formula is C14H17F2N3. The molecule has 5 heteroatoms. The normalized spacial score (nSPS) is 12.6. The monoisotopic (exact) mass is 265 g/mol. The Kier molecular flexibility index (Phi) is 4.27. The van der Waals surface area contributed by atoms with Crippen LogP contribution in [0.15, 0.2) is 30.5 Å². The Labute approximate surface area is 111 Å². The molecule has 2 rings (SSSR count). The van der Waals surface area contributed by atoms with Crippen LogP contribution in [0.1, 0.15) is 24.2 Å². The molecule has 0 fully saturated rings. The highest BCUT2D eigenvalue weighted by atomic mass is 19.2. The molecule has 1 heterocycles. The van der Waals surface area contributed by atoms with Gasteiger partial charge in [0.2, 0.25) is 0 Å². The van der Waals surface area contributed by atoms with Gasteiger partial charge in [-0.15, -0.1) is 0 Å². The van der Waals surface area contributed by atoms with Crippen LogP contribution in [0.2, 0.25) is 0 Å². The van der Waals surface area contributed by atoms with E-state index < -0.39 is 11.6 Å². The molecule has 0 amide bonds. The number of benzene rings is 1. The lowest BCUT2D eigenvalue weighted by Crippen LogP contribution is -2.22. The Balaban J connectivity index is 1.90. The van der Waals surface area contributed by atoms with Crippen LogP contribution < -0.4 is 5.32 Å². The molecule has 0 aliphatic heterocycles. The van der Waals surface area contributed by atoms with Crippen molar-refractivity contribution in [2.45, 2.75) is 19.4 Å². The first-order valence-corrected chi connectivity index (χ1v) is 6.23. The van der Waals surface area contributed by atoms with Gasteiger partial charge in [-0.3, -0.25) is 4.68 Å². The zero-order chi connectivity index (χ0) is 13.8. The maximum absolute atomic E-state index is 13.6. The maximum Gasteiger partial charge on any atom is 0.163 e. The van der Waals surface area contributed by atoms with E-state index in [1.807, 2.05) is 26.2 Å². The van der Waals surface area contributed by atoms with Gasteiger partial charge in [0.15, 0.2) is 11.6 Å². The van der Waals surface area contributed by atoms with Crippen molar-refractivity contribution in [3.8, 4) is 0 Å². The van der Waals surface area contributed by atoms with E-state index in [0.717, 1.165) is 18.2 Å². The van der Waals surface area contributed by atoms with Crippen LogP contribution in [0.5, 0.6) is 0 Å². The van der Waals surface area contributed by atoms with Crippen LogP contribution in [0.4, 0.5) is 8.78 Å². The van der Waals surface area contributed by atoms with Crippen molar-refractivity contribution in [2.24, 2.45) is 7.05 Å². The van der Waals surface area contributed by atoms with Crippen LogP contribution in [0.3, 0.4) is 0 Å². The zero-order valence-electron chi connectivity index (χ0n) is 11.0. The summed E-state index contributed by atoms with van der Waals surface area (Å²) in [5, 5.41) is 7.42. The van der Waals surface area contributed by atoms with Crippen molar-refractivity contribution >= 4 is 0 Å². The summed E-state index contributed by atoms with van der Waals surface area (Å²) in [6.07, 6.45) is 2.63. The van der Waals surface area contributed by atoms with Gasteiger partial charge in [0.05, 0.1) is 5.69 Å². The minimum absolute atomic E-state index is 0.237. The first-order valence-electron chi connectivity index (χ1n) is 6.23. The number of aromatic nitrogens is 2. The maximum atomic E-state index is 13.6. The third-order valence-electron chi connectivity index (χ3n) is 3.05. The Morgan fingerprint density at radius 3 is 2.79 bits per heavy atom. The number of hydrogen-bond acceptors (Lipinski definition) is 2. The standard InChI is InChI=1S/C14H17F2N3/c1-10(12-4-3-5-13(15)14(12)16)17-8-6-11-7-9-19(2)18-11/h3-5,7,9-10,17H,6,8H2,1-2H3. The summed E-state index contributed by atoms with van der Waals surface area (Å²) in [6, 6.07) is 5.94. The molecule has 1 atom stereocenters. The summed E-state index contributed by atoms with van der Waals surface area (Å²) in [4.78, 5) is 0. The van der Waals surface area contributed by atoms with E-state index in [0.29, 0.717) is 12.1 Å². The second kappa shape index (κ2) is 5.93. The number of aryl methyl sites for hydroxylation is 1. The van der Waals surface area contributed by atoms with Gasteiger partial charge in [0.25, 0.3) is 0 Å². The molecule has 0 spiro atoms. The fraction of sp³-hybridized carbons (Fsp3) is 0.357. The highest BCUT2D eigenvalue weighted by Crippen LogP contribution is 2.18. The van der Waals surface area contributed by atoms with Gasteiger partial charge in [0.1, 0.15) is 0 Å². The van der Waals surface area contributed by atoms with Crippen LogP contribution in [0, 0.1) is 11.6 Å². The van der Waals surface area contributed by atoms with E-state index >= 15 is 0 Å². The van der Waals surface area contributed by atoms with E-state index in [1.54, 1.807) is 10.7 Å². The van der Waals surface area contributed by atoms with Gasteiger partial charge < -0.3 is 5.32 Å². The molecule has 2 aromatic rings. The molecule has 1 aromatic heterocycles. The molecule has 102 valence electrons. The number of nitrogens with one attached hydrogen (secondary N) is 1. The Morgan fingerprint density at radius 1 is 1.32 bits per heavy atom. The highest BCUT2D eigenvalue weighted by molar-refractivity contribution is 5.22. The predicted molar refractivity (Wildman–Crippen MR) is 69.7 cm³/mol. The second-order valence-corrected chi connectivity index (χ2v) is 4.55. The summed E-state index contributed by atoms with van der Waals surface area (Å²) in [5.74, 6) is -1.59. The lowest BCUT2D eigenvalue weighted by atomic mass is 10.1. The largest absolute Gasteiger partial charge is 0.310 e. The minimum atomic E-state index is -0.809. The molecule has 1 aromatic carbocycles. The minimum Gasteiger partial charge on any atom is -0.310 e. The van der Waals surface area contributed by atoms with Crippen molar-refractivity contribution in [1.29, 1.82) is 0 Å². The molecule has 0 saturated heterocycles. The first-order chi connectivity index (χ1) is 9.08. The van der Waals surface area contributed by atoms with Crippen LogP contribution in [-0.2, 0) is 13.5 Å². The van der Waals surface area contributed by atoms with Crippen LogP contribution in [0.25, 0.3) is 0 Å². The second-order valence-electron chi connectivity index (χ2n) is 4.55. The van der Waals surface area contributed by atoms with Crippen molar-refractivity contribution in [2.75, 3.05) is 6.54 Å². The fourth-order valence-corrected chi connectivity index (χ4v) is 1.98. The van der Waals surface area contributed by atoms with E-state index in [4.69, 9.17) is 0 Å². The SMILES string of the molecule is CC(NCCc1ccn(C)n1)c1cccc(F)c1F. The Morgan fingerprint density at radius 2 is 2.11 bits per heavy atom. The summed E-state index contributed by atoms with van der Waals surface area (Å²) >= 11 is 0. The van der Waals surface area contributed by atoms with Gasteiger partial charge in [-0.05, 0) is 19.1 Å². The molecular weight excluding hydrogens is 248 g/mol. The summed E-state index contributed by atoms with van der Waals surface area (Å²) in [7, 11) is 1.86. The van der Waals surface area contributed by atoms with Gasteiger partial charge in [-0.1, -0.05) is 12.1 Å².